The number of nitrogens with one attached hydrogen (secondary N) is 3. The summed E-state index contributed by atoms with van der Waals surface area (Å²) in [7, 11) is 3.55. The fourth-order valence-electron chi connectivity index (χ4n) is 4.98. The summed E-state index contributed by atoms with van der Waals surface area (Å²) in [5.41, 5.74) is 1.79. The zero-order chi connectivity index (χ0) is 31.1. The molecule has 2 aromatic carbocycles. The molecule has 0 radical (unpaired) electrons. The van der Waals surface area contributed by atoms with Gasteiger partial charge in [-0.2, -0.15) is 4.98 Å². The Kier molecular flexibility index (Phi) is 10.1. The Bertz CT molecular complexity index is 1450. The third-order valence-corrected chi connectivity index (χ3v) is 7.40. The number of likely N-dealkylation sites (N-methyl/N-ethyl adjacent to an activating group) is 1. The first kappa shape index (κ1) is 31.6. The van der Waals surface area contributed by atoms with Gasteiger partial charge in [-0.3, -0.25) is 4.79 Å². The van der Waals surface area contributed by atoms with Crippen LogP contribution in [0.4, 0.5) is 39.0 Å². The van der Waals surface area contributed by atoms with Gasteiger partial charge in [-0.25, -0.2) is 14.4 Å². The maximum absolute atomic E-state index is 14.3. The van der Waals surface area contributed by atoms with E-state index >= 15 is 0 Å². The first-order chi connectivity index (χ1) is 20.5. The Labute approximate surface area is 252 Å². The van der Waals surface area contributed by atoms with Crippen LogP contribution in [0.5, 0.6) is 5.75 Å². The molecule has 12 heteroatoms. The highest BCUT2D eigenvalue weighted by atomic mass is 19.1. The summed E-state index contributed by atoms with van der Waals surface area (Å²) in [6.45, 7) is 12.3. The van der Waals surface area contributed by atoms with E-state index < -0.39 is 11.4 Å². The average Bonchev–Trinajstić information content (AvgIpc) is 2.98. The number of methoxy groups -OCH3 is 1. The number of likely N-dealkylation sites (tertiary alicyclic amines) is 1. The fraction of sp³-hybridized carbons (Fsp3) is 0.419. The lowest BCUT2D eigenvalue weighted by atomic mass is 9.95. The number of aromatic nitrogens is 3. The third-order valence-electron chi connectivity index (χ3n) is 7.40. The van der Waals surface area contributed by atoms with E-state index in [0.717, 1.165) is 31.9 Å². The molecule has 1 aliphatic rings. The summed E-state index contributed by atoms with van der Waals surface area (Å²) >= 11 is 0. The Morgan fingerprint density at radius 2 is 1.79 bits per heavy atom. The Balaban J connectivity index is 1.61. The van der Waals surface area contributed by atoms with Crippen LogP contribution in [-0.2, 0) is 10.4 Å². The quantitative estimate of drug-likeness (QED) is 0.211. The highest BCUT2D eigenvalue weighted by Crippen LogP contribution is 2.38. The van der Waals surface area contributed by atoms with Gasteiger partial charge in [0.1, 0.15) is 17.9 Å². The molecule has 230 valence electrons. The number of hydrogen-bond acceptors (Lipinski definition) is 10. The predicted molar refractivity (Wildman–Crippen MR) is 168 cm³/mol. The molecule has 43 heavy (non-hydrogen) atoms. The molecule has 0 spiro atoms. The van der Waals surface area contributed by atoms with Crippen LogP contribution in [0.1, 0.15) is 44.2 Å². The van der Waals surface area contributed by atoms with Gasteiger partial charge in [-0.15, -0.1) is 0 Å². The molecule has 3 aromatic rings. The lowest BCUT2D eigenvalue weighted by Gasteiger charge is -2.30. The van der Waals surface area contributed by atoms with Gasteiger partial charge in [0, 0.05) is 37.5 Å². The highest BCUT2D eigenvalue weighted by Gasteiger charge is 2.23. The van der Waals surface area contributed by atoms with Crippen molar-refractivity contribution in [3.63, 3.8) is 0 Å². The standard InChI is InChI=1S/C31H41FN8O3/c1-7-28(41)35-24-17-25(27(43-6)18-26(24)39(5)13-14-40-11-9-8-10-12-40)37-30-34-19-33-29(38-30)36-23-15-20(2)22(32)16-21(23)31(3,4)42/h7,15-19,42H,1,8-14H2,2-6H3,(H,35,41)(H2,33,34,36,37,38). The predicted octanol–water partition coefficient (Wildman–Crippen LogP) is 5.09. The second-order valence-electron chi connectivity index (χ2n) is 11.2. The van der Waals surface area contributed by atoms with Crippen molar-refractivity contribution in [2.45, 2.75) is 45.6 Å². The van der Waals surface area contributed by atoms with E-state index in [0.29, 0.717) is 33.9 Å². The molecule has 1 aromatic heterocycles. The van der Waals surface area contributed by atoms with Crippen LogP contribution in [0, 0.1) is 12.7 Å². The molecule has 1 fully saturated rings. The molecule has 1 amide bonds. The molecular weight excluding hydrogens is 551 g/mol. The number of amides is 1. The molecule has 4 N–H and O–H groups in total. The average molecular weight is 593 g/mol. The van der Waals surface area contributed by atoms with E-state index in [-0.39, 0.29) is 17.8 Å². The van der Waals surface area contributed by atoms with Crippen LogP contribution in [0.3, 0.4) is 0 Å². The summed E-state index contributed by atoms with van der Waals surface area (Å²) in [6, 6.07) is 6.51. The van der Waals surface area contributed by atoms with Crippen molar-refractivity contribution < 1.29 is 19.0 Å². The largest absolute Gasteiger partial charge is 0.494 e. The normalized spacial score (nSPS) is 13.7. The number of nitrogens with zero attached hydrogens (tertiary/aromatic N) is 5. The minimum Gasteiger partial charge on any atom is -0.494 e. The Hall–Kier alpha value is -4.29. The molecule has 0 bridgehead atoms. The van der Waals surface area contributed by atoms with Gasteiger partial charge in [0.15, 0.2) is 0 Å². The number of hydrogen-bond donors (Lipinski definition) is 4. The first-order valence-electron chi connectivity index (χ1n) is 14.3. The van der Waals surface area contributed by atoms with Gasteiger partial charge < -0.3 is 35.6 Å². The van der Waals surface area contributed by atoms with E-state index in [1.54, 1.807) is 40.0 Å². The number of aliphatic hydroxyl groups is 1. The van der Waals surface area contributed by atoms with Gasteiger partial charge in [-0.05, 0) is 76.5 Å². The van der Waals surface area contributed by atoms with E-state index in [4.69, 9.17) is 4.74 Å². The summed E-state index contributed by atoms with van der Waals surface area (Å²) < 4.78 is 20.0. The van der Waals surface area contributed by atoms with Crippen LogP contribution in [0.2, 0.25) is 0 Å². The molecule has 0 atom stereocenters. The summed E-state index contributed by atoms with van der Waals surface area (Å²) in [6.07, 6.45) is 6.27. The number of piperidine rings is 1. The molecule has 2 heterocycles. The van der Waals surface area contributed by atoms with Crippen LogP contribution in [-0.4, -0.2) is 71.2 Å². The summed E-state index contributed by atoms with van der Waals surface area (Å²) in [5, 5.41) is 19.7. The zero-order valence-electron chi connectivity index (χ0n) is 25.5. The first-order valence-corrected chi connectivity index (χ1v) is 14.3. The van der Waals surface area contributed by atoms with Gasteiger partial charge in [0.05, 0.1) is 29.8 Å². The zero-order valence-corrected chi connectivity index (χ0v) is 25.5. The van der Waals surface area contributed by atoms with Crippen molar-refractivity contribution in [1.29, 1.82) is 0 Å². The number of ether oxygens (including phenoxy) is 1. The van der Waals surface area contributed by atoms with Crippen LogP contribution in [0.25, 0.3) is 0 Å². The van der Waals surface area contributed by atoms with Crippen molar-refractivity contribution in [3.05, 3.63) is 60.2 Å². The molecule has 1 aliphatic heterocycles. The number of aryl methyl sites for hydroxylation is 1. The minimum absolute atomic E-state index is 0.183. The number of anilines is 6. The number of carbonyl (C=O) groups is 1. The van der Waals surface area contributed by atoms with Gasteiger partial charge in [0.25, 0.3) is 0 Å². The topological polar surface area (TPSA) is 128 Å². The van der Waals surface area contributed by atoms with Crippen molar-refractivity contribution >= 4 is 40.6 Å². The number of benzene rings is 2. The number of carbonyl (C=O) groups excluding carboxylic acids is 1. The molecule has 1 saturated heterocycles. The van der Waals surface area contributed by atoms with Gasteiger partial charge in [0.2, 0.25) is 17.8 Å². The second kappa shape index (κ2) is 13.8. The van der Waals surface area contributed by atoms with Gasteiger partial charge >= 0.3 is 0 Å². The van der Waals surface area contributed by atoms with E-state index in [9.17, 15) is 14.3 Å². The van der Waals surface area contributed by atoms with Crippen LogP contribution >= 0.6 is 0 Å². The lowest BCUT2D eigenvalue weighted by Crippen LogP contribution is -2.36. The second-order valence-corrected chi connectivity index (χ2v) is 11.2. The number of halogens is 1. The Morgan fingerprint density at radius 3 is 2.42 bits per heavy atom. The smallest absolute Gasteiger partial charge is 0.247 e. The molecular formula is C31H41FN8O3. The lowest BCUT2D eigenvalue weighted by molar-refractivity contribution is -0.111. The molecule has 0 unspecified atom stereocenters. The van der Waals surface area contributed by atoms with E-state index in [1.165, 1.54) is 37.7 Å². The minimum atomic E-state index is -1.31. The van der Waals surface area contributed by atoms with E-state index in [2.05, 4.69) is 47.3 Å². The summed E-state index contributed by atoms with van der Waals surface area (Å²) in [4.78, 5) is 29.8. The maximum atomic E-state index is 14.3. The molecule has 11 nitrogen and oxygen atoms in total. The highest BCUT2D eigenvalue weighted by molar-refractivity contribution is 6.02. The van der Waals surface area contributed by atoms with Crippen molar-refractivity contribution in [3.8, 4) is 5.75 Å². The summed E-state index contributed by atoms with van der Waals surface area (Å²) in [5.74, 6) is 0.136. The van der Waals surface area contributed by atoms with Crippen molar-refractivity contribution in [2.24, 2.45) is 0 Å². The molecule has 0 aliphatic carbocycles. The molecule has 0 saturated carbocycles. The monoisotopic (exact) mass is 592 g/mol. The van der Waals surface area contributed by atoms with Crippen LogP contribution < -0.4 is 25.6 Å². The van der Waals surface area contributed by atoms with Crippen molar-refractivity contribution in [1.82, 2.24) is 19.9 Å². The third kappa shape index (κ3) is 8.17. The van der Waals surface area contributed by atoms with E-state index in [1.807, 2.05) is 13.1 Å². The van der Waals surface area contributed by atoms with Crippen molar-refractivity contribution in [2.75, 3.05) is 61.2 Å². The van der Waals surface area contributed by atoms with Gasteiger partial charge in [-0.1, -0.05) is 13.0 Å². The van der Waals surface area contributed by atoms with Crippen LogP contribution in [0.15, 0.2) is 43.2 Å². The maximum Gasteiger partial charge on any atom is 0.247 e. The number of rotatable bonds is 12. The fourth-order valence-corrected chi connectivity index (χ4v) is 4.98. The Morgan fingerprint density at radius 1 is 1.12 bits per heavy atom. The molecule has 4 rings (SSSR count). The SMILES string of the molecule is C=CC(=O)Nc1cc(Nc2ncnc(Nc3cc(C)c(F)cc3C(C)(C)O)n2)c(OC)cc1N(C)CCN1CCCCC1.